The molecule has 0 radical (unpaired) electrons. The van der Waals surface area contributed by atoms with Crippen LogP contribution in [0.4, 0.5) is 5.69 Å². The maximum Gasteiger partial charge on any atom is 0.0955 e. The minimum atomic E-state index is 0.797. The van der Waals surface area contributed by atoms with Crippen molar-refractivity contribution in [2.24, 2.45) is 0 Å². The van der Waals surface area contributed by atoms with Crippen LogP contribution in [-0.4, -0.2) is 10.2 Å². The number of aryl methyl sites for hydroxylation is 1. The highest BCUT2D eigenvalue weighted by Crippen LogP contribution is 2.30. The number of fused-ring (bicyclic) bond motifs is 1. The zero-order valence-electron chi connectivity index (χ0n) is 8.46. The first-order valence-corrected chi connectivity index (χ1v) is 5.26. The summed E-state index contributed by atoms with van der Waals surface area (Å²) in [7, 11) is 0. The molecule has 0 aliphatic heterocycles. The lowest BCUT2D eigenvalue weighted by Crippen LogP contribution is -1.87. The molecule has 0 saturated heterocycles. The topological polar surface area (TPSA) is 54.7 Å². The van der Waals surface area contributed by atoms with Gasteiger partial charge in [0.25, 0.3) is 0 Å². The molecule has 0 fully saturated rings. The van der Waals surface area contributed by atoms with Gasteiger partial charge in [-0.3, -0.25) is 5.10 Å². The zero-order chi connectivity index (χ0) is 10.3. The number of hydrogen-bond acceptors (Lipinski definition) is 2. The molecule has 1 heterocycles. The summed E-state index contributed by atoms with van der Waals surface area (Å²) in [5.41, 5.74) is 11.4. The molecular weight excluding hydrogens is 186 g/mol. The fourth-order valence-corrected chi connectivity index (χ4v) is 2.20. The quantitative estimate of drug-likeness (QED) is 0.691. The number of aromatic nitrogens is 2. The van der Waals surface area contributed by atoms with E-state index in [2.05, 4.69) is 10.2 Å². The Bertz CT molecular complexity index is 482. The number of nitrogens with two attached hydrogens (primary N) is 1. The number of nitrogen functional groups attached to an aromatic ring is 1. The molecule has 0 atom stereocenters. The molecule has 0 saturated carbocycles. The zero-order valence-corrected chi connectivity index (χ0v) is 8.46. The van der Waals surface area contributed by atoms with Crippen molar-refractivity contribution in [2.45, 2.75) is 19.3 Å². The molecule has 1 aromatic heterocycles. The third kappa shape index (κ3) is 1.31. The number of rotatable bonds is 1. The van der Waals surface area contributed by atoms with E-state index in [4.69, 9.17) is 5.73 Å². The molecule has 0 spiro atoms. The van der Waals surface area contributed by atoms with Gasteiger partial charge in [-0.1, -0.05) is 12.1 Å². The van der Waals surface area contributed by atoms with E-state index in [0.29, 0.717) is 0 Å². The molecule has 76 valence electrons. The molecule has 3 nitrogen and oxygen atoms in total. The van der Waals surface area contributed by atoms with Gasteiger partial charge in [-0.05, 0) is 31.4 Å². The molecule has 0 bridgehead atoms. The van der Waals surface area contributed by atoms with E-state index in [0.717, 1.165) is 29.8 Å². The van der Waals surface area contributed by atoms with E-state index in [1.807, 2.05) is 24.3 Å². The van der Waals surface area contributed by atoms with E-state index in [9.17, 15) is 0 Å². The van der Waals surface area contributed by atoms with Crippen LogP contribution in [0.3, 0.4) is 0 Å². The van der Waals surface area contributed by atoms with Crippen LogP contribution in [0.2, 0.25) is 0 Å². The smallest absolute Gasteiger partial charge is 0.0955 e. The van der Waals surface area contributed by atoms with Crippen molar-refractivity contribution in [3.63, 3.8) is 0 Å². The van der Waals surface area contributed by atoms with Gasteiger partial charge in [-0.2, -0.15) is 5.10 Å². The van der Waals surface area contributed by atoms with Crippen LogP contribution in [0.15, 0.2) is 24.3 Å². The Hall–Kier alpha value is -1.77. The molecule has 3 rings (SSSR count). The van der Waals surface area contributed by atoms with Crippen LogP contribution in [0.1, 0.15) is 17.7 Å². The van der Waals surface area contributed by atoms with Crippen LogP contribution in [-0.2, 0) is 12.8 Å². The van der Waals surface area contributed by atoms with Gasteiger partial charge in [0.1, 0.15) is 0 Å². The summed E-state index contributed by atoms with van der Waals surface area (Å²) < 4.78 is 0. The molecule has 0 unspecified atom stereocenters. The second kappa shape index (κ2) is 3.12. The number of hydrogen-bond donors (Lipinski definition) is 2. The number of benzene rings is 1. The molecule has 3 N–H and O–H groups in total. The highest BCUT2D eigenvalue weighted by Gasteiger charge is 2.18. The number of H-pyrrole nitrogens is 1. The first-order chi connectivity index (χ1) is 7.34. The summed E-state index contributed by atoms with van der Waals surface area (Å²) in [5, 5.41) is 7.49. The fourth-order valence-electron chi connectivity index (χ4n) is 2.20. The monoisotopic (exact) mass is 199 g/mol. The minimum absolute atomic E-state index is 0.797. The Balaban J connectivity index is 2.09. The Morgan fingerprint density at radius 1 is 1.13 bits per heavy atom. The summed E-state index contributed by atoms with van der Waals surface area (Å²) in [6.07, 6.45) is 3.52. The molecule has 1 aliphatic carbocycles. The third-order valence-electron chi connectivity index (χ3n) is 2.99. The molecule has 2 aromatic rings. The average molecular weight is 199 g/mol. The predicted molar refractivity (Wildman–Crippen MR) is 60.5 cm³/mol. The largest absolute Gasteiger partial charge is 0.399 e. The van der Waals surface area contributed by atoms with Gasteiger partial charge in [0.15, 0.2) is 0 Å². The number of aromatic amines is 1. The average Bonchev–Trinajstić information content (AvgIpc) is 2.80. The molecule has 1 aromatic carbocycles. The van der Waals surface area contributed by atoms with Crippen molar-refractivity contribution in [3.05, 3.63) is 35.5 Å². The first kappa shape index (κ1) is 8.53. The summed E-state index contributed by atoms with van der Waals surface area (Å²) in [6.45, 7) is 0. The van der Waals surface area contributed by atoms with Gasteiger partial charge in [0.05, 0.1) is 5.69 Å². The minimum Gasteiger partial charge on any atom is -0.399 e. The Morgan fingerprint density at radius 2 is 1.93 bits per heavy atom. The standard InChI is InChI=1S/C12H13N3/c13-9-6-4-8(5-7-9)12-10-2-1-3-11(10)14-15-12/h4-7H,1-3,13H2,(H,14,15). The second-order valence-electron chi connectivity index (χ2n) is 4.00. The van der Waals surface area contributed by atoms with Gasteiger partial charge in [0.2, 0.25) is 0 Å². The van der Waals surface area contributed by atoms with E-state index in [-0.39, 0.29) is 0 Å². The number of nitrogens with one attached hydrogen (secondary N) is 1. The van der Waals surface area contributed by atoms with E-state index < -0.39 is 0 Å². The normalized spacial score (nSPS) is 14.1. The Morgan fingerprint density at radius 3 is 2.73 bits per heavy atom. The number of anilines is 1. The SMILES string of the molecule is Nc1ccc(-c2n[nH]c3c2CCC3)cc1. The van der Waals surface area contributed by atoms with Crippen molar-refractivity contribution in [1.82, 2.24) is 10.2 Å². The fraction of sp³-hybridized carbons (Fsp3) is 0.250. The summed E-state index contributed by atoms with van der Waals surface area (Å²) >= 11 is 0. The summed E-state index contributed by atoms with van der Waals surface area (Å²) in [4.78, 5) is 0. The number of nitrogens with zero attached hydrogens (tertiary/aromatic N) is 1. The lowest BCUT2D eigenvalue weighted by molar-refractivity contribution is 0.867. The lowest BCUT2D eigenvalue weighted by Gasteiger charge is -2.00. The molecule has 15 heavy (non-hydrogen) atoms. The Labute approximate surface area is 88.3 Å². The van der Waals surface area contributed by atoms with Crippen LogP contribution < -0.4 is 5.73 Å². The van der Waals surface area contributed by atoms with E-state index >= 15 is 0 Å². The predicted octanol–water partition coefficient (Wildman–Crippen LogP) is 2.15. The van der Waals surface area contributed by atoms with Crippen molar-refractivity contribution in [1.29, 1.82) is 0 Å². The van der Waals surface area contributed by atoms with Crippen LogP contribution in [0.5, 0.6) is 0 Å². The van der Waals surface area contributed by atoms with Crippen molar-refractivity contribution < 1.29 is 0 Å². The lowest BCUT2D eigenvalue weighted by atomic mass is 10.1. The maximum atomic E-state index is 5.66. The highest BCUT2D eigenvalue weighted by atomic mass is 15.1. The van der Waals surface area contributed by atoms with Crippen LogP contribution in [0.25, 0.3) is 11.3 Å². The highest BCUT2D eigenvalue weighted by molar-refractivity contribution is 5.66. The van der Waals surface area contributed by atoms with E-state index in [1.54, 1.807) is 0 Å². The maximum absolute atomic E-state index is 5.66. The molecule has 1 aliphatic rings. The molecule has 3 heteroatoms. The summed E-state index contributed by atoms with van der Waals surface area (Å²) in [6, 6.07) is 7.91. The van der Waals surface area contributed by atoms with Gasteiger partial charge >= 0.3 is 0 Å². The van der Waals surface area contributed by atoms with Crippen molar-refractivity contribution in [3.8, 4) is 11.3 Å². The van der Waals surface area contributed by atoms with Crippen LogP contribution in [0, 0.1) is 0 Å². The molecular formula is C12H13N3. The first-order valence-electron chi connectivity index (χ1n) is 5.26. The van der Waals surface area contributed by atoms with Gasteiger partial charge in [0, 0.05) is 22.5 Å². The molecule has 0 amide bonds. The van der Waals surface area contributed by atoms with Crippen LogP contribution >= 0.6 is 0 Å². The van der Waals surface area contributed by atoms with Gasteiger partial charge in [-0.25, -0.2) is 0 Å². The van der Waals surface area contributed by atoms with Gasteiger partial charge in [-0.15, -0.1) is 0 Å². The van der Waals surface area contributed by atoms with Gasteiger partial charge < -0.3 is 5.73 Å². The van der Waals surface area contributed by atoms with Crippen molar-refractivity contribution >= 4 is 5.69 Å². The van der Waals surface area contributed by atoms with E-state index in [1.165, 1.54) is 17.7 Å². The Kier molecular flexibility index (Phi) is 1.78. The second-order valence-corrected chi connectivity index (χ2v) is 4.00. The summed E-state index contributed by atoms with van der Waals surface area (Å²) in [5.74, 6) is 0. The van der Waals surface area contributed by atoms with Crippen molar-refractivity contribution in [2.75, 3.05) is 5.73 Å². The third-order valence-corrected chi connectivity index (χ3v) is 2.99.